The molecule has 0 aliphatic carbocycles. The minimum absolute atomic E-state index is 0. The van der Waals surface area contributed by atoms with E-state index in [4.69, 9.17) is 5.14 Å². The van der Waals surface area contributed by atoms with E-state index in [0.29, 0.717) is 29.1 Å². The van der Waals surface area contributed by atoms with E-state index in [1.807, 2.05) is 6.92 Å². The fourth-order valence-electron chi connectivity index (χ4n) is 2.70. The zero-order valence-corrected chi connectivity index (χ0v) is 16.9. The standard InChI is InChI=1S/C14H17N3O5S3.ClH/c1-2-16-12-8-17(9-3-5-10(18)6-4-9)25(21,22)14-11(12)7-13(23-14)24(15,19)20;/h3-7,12,16,18H,2,8H2,1H3,(H2,15,19,20);1H/t12-;/m0./s1. The summed E-state index contributed by atoms with van der Waals surface area (Å²) in [6, 6.07) is 6.74. The number of fused-ring (bicyclic) bond motifs is 1. The average molecular weight is 440 g/mol. The molecule has 4 N–H and O–H groups in total. The molecule has 8 nitrogen and oxygen atoms in total. The van der Waals surface area contributed by atoms with Crippen LogP contribution in [0.25, 0.3) is 0 Å². The van der Waals surface area contributed by atoms with Crippen molar-refractivity contribution in [3.05, 3.63) is 35.9 Å². The number of aromatic hydroxyl groups is 1. The van der Waals surface area contributed by atoms with Gasteiger partial charge in [-0.2, -0.15) is 0 Å². The van der Waals surface area contributed by atoms with Crippen molar-refractivity contribution in [3.63, 3.8) is 0 Å². The Hall–Kier alpha value is -1.37. The minimum Gasteiger partial charge on any atom is -0.508 e. The van der Waals surface area contributed by atoms with E-state index in [9.17, 15) is 21.9 Å². The van der Waals surface area contributed by atoms with Crippen LogP contribution in [0.2, 0.25) is 0 Å². The number of rotatable bonds is 4. The first-order valence-corrected chi connectivity index (χ1v) is 11.2. The fraction of sp³-hybridized carbons (Fsp3) is 0.286. The van der Waals surface area contributed by atoms with Crippen molar-refractivity contribution in [2.24, 2.45) is 5.14 Å². The lowest BCUT2D eigenvalue weighted by atomic mass is 10.1. The first kappa shape index (κ1) is 20.9. The quantitative estimate of drug-likeness (QED) is 0.659. The summed E-state index contributed by atoms with van der Waals surface area (Å²) in [6.45, 7) is 2.56. The number of benzene rings is 1. The molecule has 1 aromatic heterocycles. The first-order valence-electron chi connectivity index (χ1n) is 7.36. The molecule has 26 heavy (non-hydrogen) atoms. The number of sulfonamides is 2. The number of likely N-dealkylation sites (N-methyl/N-ethyl adjacent to an activating group) is 1. The highest BCUT2D eigenvalue weighted by molar-refractivity contribution is 7.96. The second-order valence-corrected chi connectivity index (χ2v) is 10.4. The van der Waals surface area contributed by atoms with Gasteiger partial charge in [0.25, 0.3) is 10.0 Å². The Kier molecular flexibility index (Phi) is 5.90. The number of nitrogens with zero attached hydrogens (tertiary/aromatic N) is 1. The van der Waals surface area contributed by atoms with E-state index >= 15 is 0 Å². The predicted octanol–water partition coefficient (Wildman–Crippen LogP) is 1.38. The van der Waals surface area contributed by atoms with Gasteiger partial charge in [-0.05, 0) is 36.9 Å². The highest BCUT2D eigenvalue weighted by atomic mass is 35.5. The molecule has 0 saturated heterocycles. The number of phenolic OH excluding ortho intramolecular Hbond substituents is 1. The number of halogens is 1. The van der Waals surface area contributed by atoms with Crippen molar-refractivity contribution in [2.45, 2.75) is 21.4 Å². The van der Waals surface area contributed by atoms with Crippen molar-refractivity contribution >= 4 is 49.5 Å². The summed E-state index contributed by atoms with van der Waals surface area (Å²) in [5.74, 6) is 0.0229. The van der Waals surface area contributed by atoms with Crippen LogP contribution in [0, 0.1) is 0 Å². The number of hydrogen-bond donors (Lipinski definition) is 3. The van der Waals surface area contributed by atoms with Crippen LogP contribution >= 0.6 is 23.7 Å². The topological polar surface area (TPSA) is 130 Å². The molecule has 1 aliphatic heterocycles. The second kappa shape index (κ2) is 7.33. The van der Waals surface area contributed by atoms with Gasteiger partial charge in [-0.25, -0.2) is 22.0 Å². The van der Waals surface area contributed by atoms with Gasteiger partial charge in [-0.1, -0.05) is 6.92 Å². The summed E-state index contributed by atoms with van der Waals surface area (Å²) < 4.78 is 50.3. The molecule has 3 rings (SSSR count). The Morgan fingerprint density at radius 2 is 1.96 bits per heavy atom. The highest BCUT2D eigenvalue weighted by Crippen LogP contribution is 2.41. The van der Waals surface area contributed by atoms with E-state index in [2.05, 4.69) is 5.32 Å². The molecule has 2 heterocycles. The molecule has 1 atom stereocenters. The van der Waals surface area contributed by atoms with Crippen LogP contribution in [-0.4, -0.2) is 35.0 Å². The van der Waals surface area contributed by atoms with Crippen LogP contribution in [0.3, 0.4) is 0 Å². The molecule has 0 unspecified atom stereocenters. The van der Waals surface area contributed by atoms with Gasteiger partial charge >= 0.3 is 0 Å². The molecule has 12 heteroatoms. The number of nitrogens with one attached hydrogen (secondary N) is 1. The number of primary sulfonamides is 1. The van der Waals surface area contributed by atoms with Gasteiger partial charge in [-0.15, -0.1) is 23.7 Å². The molecular weight excluding hydrogens is 422 g/mol. The van der Waals surface area contributed by atoms with Gasteiger partial charge in [0.2, 0.25) is 10.0 Å². The third-order valence-corrected chi connectivity index (χ3v) is 8.71. The minimum atomic E-state index is -4.00. The first-order chi connectivity index (χ1) is 11.6. The van der Waals surface area contributed by atoms with E-state index in [-0.39, 0.29) is 39.2 Å². The summed E-state index contributed by atoms with van der Waals surface area (Å²) in [7, 11) is -7.93. The molecule has 0 bridgehead atoms. The van der Waals surface area contributed by atoms with Crippen LogP contribution in [0.1, 0.15) is 18.5 Å². The van der Waals surface area contributed by atoms with Crippen LogP contribution in [0.4, 0.5) is 5.69 Å². The normalized spacial score (nSPS) is 18.8. The molecular formula is C14H18ClN3O5S3. The Bertz CT molecular complexity index is 1000. The maximum Gasteiger partial charge on any atom is 0.274 e. The summed E-state index contributed by atoms with van der Waals surface area (Å²) in [5.41, 5.74) is 0.794. The zero-order valence-electron chi connectivity index (χ0n) is 13.6. The van der Waals surface area contributed by atoms with E-state index in [0.717, 1.165) is 0 Å². The van der Waals surface area contributed by atoms with Crippen molar-refractivity contribution in [1.82, 2.24) is 5.32 Å². The zero-order chi connectivity index (χ0) is 18.4. The van der Waals surface area contributed by atoms with E-state index in [1.54, 1.807) is 0 Å². The number of anilines is 1. The lowest BCUT2D eigenvalue weighted by Crippen LogP contribution is -2.43. The van der Waals surface area contributed by atoms with Crippen molar-refractivity contribution in [3.8, 4) is 5.75 Å². The molecule has 0 amide bonds. The second-order valence-electron chi connectivity index (χ2n) is 5.52. The summed E-state index contributed by atoms with van der Waals surface area (Å²) >= 11 is 0.648. The smallest absolute Gasteiger partial charge is 0.274 e. The fourth-order valence-corrected chi connectivity index (χ4v) is 6.95. The highest BCUT2D eigenvalue weighted by Gasteiger charge is 2.40. The lowest BCUT2D eigenvalue weighted by molar-refractivity contribution is 0.475. The van der Waals surface area contributed by atoms with Gasteiger partial charge in [0.1, 0.15) is 14.2 Å². The molecule has 1 aromatic carbocycles. The predicted molar refractivity (Wildman–Crippen MR) is 102 cm³/mol. The van der Waals surface area contributed by atoms with Gasteiger partial charge < -0.3 is 10.4 Å². The monoisotopic (exact) mass is 439 g/mol. The Labute approximate surface area is 162 Å². The number of thiophene rings is 1. The Morgan fingerprint density at radius 3 is 2.50 bits per heavy atom. The maximum absolute atomic E-state index is 13.0. The Morgan fingerprint density at radius 1 is 1.35 bits per heavy atom. The van der Waals surface area contributed by atoms with Crippen LogP contribution in [-0.2, 0) is 20.0 Å². The molecule has 1 aliphatic rings. The number of hydrogen-bond acceptors (Lipinski definition) is 7. The van der Waals surface area contributed by atoms with Gasteiger partial charge in [0.15, 0.2) is 0 Å². The van der Waals surface area contributed by atoms with E-state index < -0.39 is 20.0 Å². The SMILES string of the molecule is CCN[C@H]1CN(c2ccc(O)cc2)S(=O)(=O)c2sc(S(N)(=O)=O)cc21.Cl. The van der Waals surface area contributed by atoms with Crippen molar-refractivity contribution in [2.75, 3.05) is 17.4 Å². The largest absolute Gasteiger partial charge is 0.508 e. The third kappa shape index (κ3) is 3.68. The van der Waals surface area contributed by atoms with Crippen molar-refractivity contribution in [1.29, 1.82) is 0 Å². The third-order valence-electron chi connectivity index (χ3n) is 3.82. The molecule has 0 fully saturated rings. The number of nitrogens with two attached hydrogens (primary N) is 1. The summed E-state index contributed by atoms with van der Waals surface area (Å²) in [5, 5.41) is 17.7. The van der Waals surface area contributed by atoms with Crippen LogP contribution in [0.15, 0.2) is 38.8 Å². The summed E-state index contributed by atoms with van der Waals surface area (Å²) in [6.07, 6.45) is 0. The van der Waals surface area contributed by atoms with Gasteiger partial charge in [0, 0.05) is 5.56 Å². The molecule has 144 valence electrons. The number of phenols is 1. The maximum atomic E-state index is 13.0. The van der Waals surface area contributed by atoms with E-state index in [1.165, 1.54) is 34.6 Å². The van der Waals surface area contributed by atoms with Gasteiger partial charge in [0.05, 0.1) is 18.3 Å². The average Bonchev–Trinajstić information content (AvgIpc) is 2.98. The van der Waals surface area contributed by atoms with Crippen LogP contribution in [0.5, 0.6) is 5.75 Å². The molecule has 0 radical (unpaired) electrons. The Balaban J connectivity index is 0.00000243. The molecule has 0 spiro atoms. The van der Waals surface area contributed by atoms with Crippen LogP contribution < -0.4 is 14.8 Å². The lowest BCUT2D eigenvalue weighted by Gasteiger charge is -2.33. The van der Waals surface area contributed by atoms with Crippen molar-refractivity contribution < 1.29 is 21.9 Å². The summed E-state index contributed by atoms with van der Waals surface area (Å²) in [4.78, 5) is 0. The van der Waals surface area contributed by atoms with Gasteiger partial charge in [-0.3, -0.25) is 4.31 Å². The molecule has 2 aromatic rings. The molecule has 0 saturated carbocycles.